The molecule has 0 unspecified atom stereocenters. The van der Waals surface area contributed by atoms with E-state index in [2.05, 4.69) is 26.8 Å². The maximum absolute atomic E-state index is 14.8. The standard InChI is InChI=1S/C26H24F4N6O2/c1-4-18(22-23(31-3)33-14-32-22)34-19(5-2)24-35-20-11-7-10-17(27)21(20)25(37)36(24)15-8-6-9-16(12-15)38-13-26(28,29)30/h4,6-12,14,19,31H,1,5,13H2,2-3H3,(H,32,33)/t19-/m0/s1. The Hall–Kier alpha value is -4.48. The van der Waals surface area contributed by atoms with E-state index in [4.69, 9.17) is 9.73 Å². The number of anilines is 1. The van der Waals surface area contributed by atoms with Gasteiger partial charge in [-0.25, -0.2) is 14.4 Å². The van der Waals surface area contributed by atoms with Gasteiger partial charge < -0.3 is 15.0 Å². The molecule has 4 rings (SSSR count). The van der Waals surface area contributed by atoms with E-state index in [1.54, 1.807) is 7.05 Å². The molecule has 2 aromatic heterocycles. The lowest BCUT2D eigenvalue weighted by Gasteiger charge is -2.19. The molecule has 2 aromatic carbocycles. The lowest BCUT2D eigenvalue weighted by molar-refractivity contribution is -0.153. The van der Waals surface area contributed by atoms with Crippen molar-refractivity contribution in [2.45, 2.75) is 25.6 Å². The van der Waals surface area contributed by atoms with Crippen LogP contribution >= 0.6 is 0 Å². The zero-order valence-electron chi connectivity index (χ0n) is 20.5. The number of benzene rings is 2. The van der Waals surface area contributed by atoms with E-state index in [0.717, 1.165) is 10.6 Å². The highest BCUT2D eigenvalue weighted by atomic mass is 19.4. The smallest absolute Gasteiger partial charge is 0.422 e. The second-order valence-electron chi connectivity index (χ2n) is 8.16. The zero-order valence-corrected chi connectivity index (χ0v) is 20.5. The number of aliphatic imine (C=N–C) groups is 1. The van der Waals surface area contributed by atoms with Gasteiger partial charge in [0.2, 0.25) is 0 Å². The van der Waals surface area contributed by atoms with Gasteiger partial charge in [0.15, 0.2) is 12.4 Å². The van der Waals surface area contributed by atoms with Gasteiger partial charge in [-0.3, -0.25) is 14.4 Å². The number of hydrogen-bond acceptors (Lipinski definition) is 6. The van der Waals surface area contributed by atoms with E-state index in [1.807, 2.05) is 6.92 Å². The topological polar surface area (TPSA) is 97.2 Å². The van der Waals surface area contributed by atoms with Crippen molar-refractivity contribution in [3.63, 3.8) is 0 Å². The van der Waals surface area contributed by atoms with Crippen molar-refractivity contribution in [1.29, 1.82) is 0 Å². The van der Waals surface area contributed by atoms with Crippen molar-refractivity contribution >= 4 is 22.4 Å². The summed E-state index contributed by atoms with van der Waals surface area (Å²) in [5, 5.41) is 2.69. The number of hydrogen-bond donors (Lipinski definition) is 2. The third-order valence-corrected chi connectivity index (χ3v) is 5.66. The third kappa shape index (κ3) is 5.43. The molecule has 12 heteroatoms. The second kappa shape index (κ2) is 10.9. The van der Waals surface area contributed by atoms with E-state index < -0.39 is 30.2 Å². The maximum Gasteiger partial charge on any atom is 0.422 e. The minimum absolute atomic E-state index is 0.120. The summed E-state index contributed by atoms with van der Waals surface area (Å²) >= 11 is 0. The average molecular weight is 529 g/mol. The summed E-state index contributed by atoms with van der Waals surface area (Å²) in [6, 6.07) is 8.89. The summed E-state index contributed by atoms with van der Waals surface area (Å²) in [4.78, 5) is 30.2. The zero-order chi connectivity index (χ0) is 27.4. The number of imidazole rings is 1. The summed E-state index contributed by atoms with van der Waals surface area (Å²) in [6.45, 7) is 4.15. The van der Waals surface area contributed by atoms with Gasteiger partial charge >= 0.3 is 6.18 Å². The number of allylic oxidation sites excluding steroid dienone is 1. The van der Waals surface area contributed by atoms with Crippen molar-refractivity contribution < 1.29 is 22.3 Å². The van der Waals surface area contributed by atoms with Crippen LogP contribution in [-0.4, -0.2) is 45.1 Å². The highest BCUT2D eigenvalue weighted by molar-refractivity contribution is 6.10. The maximum atomic E-state index is 14.8. The van der Waals surface area contributed by atoms with Crippen LogP contribution in [0, 0.1) is 5.82 Å². The molecule has 4 aromatic rings. The van der Waals surface area contributed by atoms with Gasteiger partial charge in [0.25, 0.3) is 5.56 Å². The highest BCUT2D eigenvalue weighted by Crippen LogP contribution is 2.28. The first-order valence-electron chi connectivity index (χ1n) is 11.6. The van der Waals surface area contributed by atoms with Crippen molar-refractivity contribution in [1.82, 2.24) is 19.5 Å². The first-order valence-corrected chi connectivity index (χ1v) is 11.6. The van der Waals surface area contributed by atoms with E-state index in [1.165, 1.54) is 48.8 Å². The second-order valence-corrected chi connectivity index (χ2v) is 8.16. The molecule has 38 heavy (non-hydrogen) atoms. The van der Waals surface area contributed by atoms with Crippen LogP contribution < -0.4 is 15.6 Å². The fraction of sp³-hybridized carbons (Fsp3) is 0.231. The number of nitrogens with one attached hydrogen (secondary N) is 2. The number of aromatic amines is 1. The fourth-order valence-corrected chi connectivity index (χ4v) is 3.96. The van der Waals surface area contributed by atoms with Crippen molar-refractivity contribution in [2.75, 3.05) is 19.0 Å². The summed E-state index contributed by atoms with van der Waals surface area (Å²) in [7, 11) is 1.70. The number of ether oxygens (including phenoxy) is 1. The van der Waals surface area contributed by atoms with Gasteiger partial charge in [-0.1, -0.05) is 25.6 Å². The SMILES string of the molecule is C=CC(=N[C@@H](CC)c1nc2cccc(F)c2c(=O)n1-c1cccc(OCC(F)(F)F)c1)c1[nH]cnc1NC. The largest absolute Gasteiger partial charge is 0.484 e. The Morgan fingerprint density at radius 3 is 2.74 bits per heavy atom. The normalized spacial score (nSPS) is 12.9. The summed E-state index contributed by atoms with van der Waals surface area (Å²) in [6.07, 6.45) is -1.17. The Balaban J connectivity index is 1.94. The first-order chi connectivity index (χ1) is 18.2. The molecule has 2 N–H and O–H groups in total. The Bertz CT molecular complexity index is 1560. The van der Waals surface area contributed by atoms with Gasteiger partial charge in [-0.05, 0) is 36.8 Å². The molecule has 0 bridgehead atoms. The third-order valence-electron chi connectivity index (χ3n) is 5.66. The molecule has 0 saturated carbocycles. The van der Waals surface area contributed by atoms with E-state index in [-0.39, 0.29) is 28.2 Å². The first kappa shape index (κ1) is 26.6. The lowest BCUT2D eigenvalue weighted by Crippen LogP contribution is -2.26. The summed E-state index contributed by atoms with van der Waals surface area (Å²) in [5.74, 6) is -0.206. The molecule has 0 spiro atoms. The molecular weight excluding hydrogens is 504 g/mol. The number of fused-ring (bicyclic) bond motifs is 1. The van der Waals surface area contributed by atoms with Crippen LogP contribution in [-0.2, 0) is 0 Å². The van der Waals surface area contributed by atoms with Gasteiger partial charge in [0.1, 0.15) is 34.5 Å². The number of rotatable bonds is 9. The molecule has 198 valence electrons. The molecule has 0 fully saturated rings. The van der Waals surface area contributed by atoms with Gasteiger partial charge in [0, 0.05) is 13.1 Å². The highest BCUT2D eigenvalue weighted by Gasteiger charge is 2.28. The van der Waals surface area contributed by atoms with E-state index in [9.17, 15) is 22.4 Å². The Kier molecular flexibility index (Phi) is 7.60. The quantitative estimate of drug-likeness (QED) is 0.225. The molecule has 2 heterocycles. The molecule has 8 nitrogen and oxygen atoms in total. The predicted molar refractivity (Wildman–Crippen MR) is 137 cm³/mol. The average Bonchev–Trinajstić information content (AvgIpc) is 3.36. The van der Waals surface area contributed by atoms with Crippen molar-refractivity contribution in [2.24, 2.45) is 4.99 Å². The summed E-state index contributed by atoms with van der Waals surface area (Å²) < 4.78 is 59.0. The summed E-state index contributed by atoms with van der Waals surface area (Å²) in [5.41, 5.74) is 0.526. The Morgan fingerprint density at radius 2 is 2.05 bits per heavy atom. The van der Waals surface area contributed by atoms with Gasteiger partial charge in [-0.2, -0.15) is 13.2 Å². The molecule has 0 saturated heterocycles. The van der Waals surface area contributed by atoms with Gasteiger partial charge in [0.05, 0.1) is 23.2 Å². The molecule has 0 aliphatic heterocycles. The van der Waals surface area contributed by atoms with Crippen LogP contribution in [0.4, 0.5) is 23.4 Å². The van der Waals surface area contributed by atoms with Gasteiger partial charge in [-0.15, -0.1) is 0 Å². The van der Waals surface area contributed by atoms with Crippen molar-refractivity contribution in [3.05, 3.63) is 89.1 Å². The van der Waals surface area contributed by atoms with Crippen LogP contribution in [0.5, 0.6) is 5.75 Å². The Morgan fingerprint density at radius 1 is 1.29 bits per heavy atom. The van der Waals surface area contributed by atoms with Crippen LogP contribution in [0.1, 0.15) is 30.9 Å². The number of alkyl halides is 3. The van der Waals surface area contributed by atoms with Crippen LogP contribution in [0.25, 0.3) is 16.6 Å². The molecule has 0 amide bonds. The number of H-pyrrole nitrogens is 1. The molecule has 0 radical (unpaired) electrons. The van der Waals surface area contributed by atoms with Crippen LogP contribution in [0.3, 0.4) is 0 Å². The van der Waals surface area contributed by atoms with Crippen LogP contribution in [0.15, 0.2) is 71.2 Å². The number of nitrogens with zero attached hydrogens (tertiary/aromatic N) is 4. The molecule has 0 aliphatic carbocycles. The monoisotopic (exact) mass is 528 g/mol. The van der Waals surface area contributed by atoms with Crippen LogP contribution in [0.2, 0.25) is 0 Å². The predicted octanol–water partition coefficient (Wildman–Crippen LogP) is 5.36. The fourth-order valence-electron chi connectivity index (χ4n) is 3.96. The number of aromatic nitrogens is 4. The number of halogens is 4. The minimum Gasteiger partial charge on any atom is -0.484 e. The minimum atomic E-state index is -4.55. The Labute approximate surface area is 214 Å². The lowest BCUT2D eigenvalue weighted by atomic mass is 10.1. The van der Waals surface area contributed by atoms with E-state index >= 15 is 0 Å². The van der Waals surface area contributed by atoms with Crippen molar-refractivity contribution in [3.8, 4) is 11.4 Å². The molecule has 1 atom stereocenters. The van der Waals surface area contributed by atoms with E-state index in [0.29, 0.717) is 23.6 Å². The molecule has 0 aliphatic rings. The molecular formula is C26H24F4N6O2.